The summed E-state index contributed by atoms with van der Waals surface area (Å²) in [5.41, 5.74) is -0.878. The Hall–Kier alpha value is 0.620. The third kappa shape index (κ3) is 2.04. The van der Waals surface area contributed by atoms with Gasteiger partial charge in [-0.3, -0.25) is 4.79 Å². The van der Waals surface area contributed by atoms with Crippen LogP contribution >= 0.6 is 33.4 Å². The zero-order valence-corrected chi connectivity index (χ0v) is 14.0. The first-order valence-electron chi connectivity index (χ1n) is 6.58. The molecule has 0 spiro atoms. The predicted octanol–water partition coefficient (Wildman–Crippen LogP) is 4.34. The topological polar surface area (TPSA) is 20.3 Å². The number of carbonyl (C=O) groups excluding carboxylic acids is 1. The molecule has 2 fully saturated rings. The number of alkyl halides is 1. The van der Waals surface area contributed by atoms with Gasteiger partial charge in [-0.1, -0.05) is 44.9 Å². The van der Waals surface area contributed by atoms with Gasteiger partial charge in [0.05, 0.1) is 10.8 Å². The highest BCUT2D eigenvalue weighted by Crippen LogP contribution is 2.70. The summed E-state index contributed by atoms with van der Waals surface area (Å²) in [7, 11) is 3.43. The lowest BCUT2D eigenvalue weighted by molar-refractivity contribution is -0.153. The average Bonchev–Trinajstić information content (AvgIpc) is 2.35. The predicted molar refractivity (Wildman–Crippen MR) is 81.8 cm³/mol. The largest absolute Gasteiger partial charge is 0.298 e. The van der Waals surface area contributed by atoms with E-state index in [0.717, 1.165) is 13.1 Å². The molecule has 1 saturated carbocycles. The van der Waals surface area contributed by atoms with Gasteiger partial charge >= 0.3 is 0 Å². The zero-order valence-electron chi connectivity index (χ0n) is 11.6. The molecule has 104 valence electrons. The van der Waals surface area contributed by atoms with E-state index < -0.39 is 15.0 Å². The van der Waals surface area contributed by atoms with E-state index in [9.17, 15) is 4.79 Å². The van der Waals surface area contributed by atoms with E-state index in [4.69, 9.17) is 11.6 Å². The highest BCUT2D eigenvalue weighted by Gasteiger charge is 2.72. The normalized spacial score (nSPS) is 29.9. The number of nitrogens with zero attached hydrogens (tertiary/aromatic N) is 1. The van der Waals surface area contributed by atoms with Crippen LogP contribution in [0.15, 0.2) is 0 Å². The minimum absolute atomic E-state index is 0.275. The Kier molecular flexibility index (Phi) is 4.06. The summed E-state index contributed by atoms with van der Waals surface area (Å²) in [5.74, 6) is 0.275. The molecule has 0 unspecified atom stereocenters. The van der Waals surface area contributed by atoms with Crippen molar-refractivity contribution in [1.29, 1.82) is 0 Å². The van der Waals surface area contributed by atoms with Gasteiger partial charge in [-0.25, -0.2) is 4.31 Å². The van der Waals surface area contributed by atoms with Crippen molar-refractivity contribution in [1.82, 2.24) is 4.31 Å². The van der Waals surface area contributed by atoms with Gasteiger partial charge in [0, 0.05) is 13.1 Å². The maximum absolute atomic E-state index is 12.2. The summed E-state index contributed by atoms with van der Waals surface area (Å²) in [6.45, 7) is 10.2. The smallest absolute Gasteiger partial charge is 0.149 e. The molecule has 1 heterocycles. The Morgan fingerprint density at radius 3 is 2.06 bits per heavy atom. The van der Waals surface area contributed by atoms with E-state index in [-0.39, 0.29) is 5.78 Å². The molecule has 0 bridgehead atoms. The summed E-state index contributed by atoms with van der Waals surface area (Å²) in [6.07, 6.45) is 3.88. The third-order valence-electron chi connectivity index (χ3n) is 4.32. The number of hydrogen-bond acceptors (Lipinski definition) is 4. The van der Waals surface area contributed by atoms with Crippen molar-refractivity contribution in [2.45, 2.75) is 51.2 Å². The standard InChI is InChI=1S/C13H22ClNOS2/c1-11(2)10(16)12(3,4)13(11,14)17-18-15-8-6-5-7-9-15/h5-9H2,1-4H3. The molecule has 0 amide bonds. The highest BCUT2D eigenvalue weighted by molar-refractivity contribution is 8.76. The van der Waals surface area contributed by atoms with Crippen molar-refractivity contribution >= 4 is 39.2 Å². The second-order valence-corrected chi connectivity index (χ2v) is 9.50. The first kappa shape index (κ1) is 15.0. The number of hydrogen-bond donors (Lipinski definition) is 0. The van der Waals surface area contributed by atoms with Gasteiger partial charge in [0.1, 0.15) is 9.99 Å². The van der Waals surface area contributed by atoms with E-state index in [1.165, 1.54) is 19.3 Å². The van der Waals surface area contributed by atoms with E-state index >= 15 is 0 Å². The van der Waals surface area contributed by atoms with E-state index in [2.05, 4.69) is 4.31 Å². The molecule has 0 aromatic rings. The summed E-state index contributed by atoms with van der Waals surface area (Å²) in [5, 5.41) is 0. The second-order valence-electron chi connectivity index (χ2n) is 6.32. The van der Waals surface area contributed by atoms with Crippen LogP contribution in [0.4, 0.5) is 0 Å². The average molecular weight is 308 g/mol. The van der Waals surface area contributed by atoms with Crippen LogP contribution in [0.5, 0.6) is 0 Å². The minimum atomic E-state index is -0.501. The van der Waals surface area contributed by atoms with Crippen molar-refractivity contribution in [3.63, 3.8) is 0 Å². The van der Waals surface area contributed by atoms with Crippen molar-refractivity contribution < 1.29 is 4.79 Å². The van der Waals surface area contributed by atoms with Gasteiger partial charge in [-0.2, -0.15) is 0 Å². The fourth-order valence-electron chi connectivity index (χ4n) is 3.04. The summed E-state index contributed by atoms with van der Waals surface area (Å²) in [6, 6.07) is 0. The van der Waals surface area contributed by atoms with Crippen LogP contribution in [-0.2, 0) is 4.79 Å². The number of ketones is 1. The monoisotopic (exact) mass is 307 g/mol. The number of Topliss-reactive ketones (excluding diaryl/α,β-unsaturated/α-hetero) is 1. The first-order valence-corrected chi connectivity index (χ1v) is 9.06. The maximum Gasteiger partial charge on any atom is 0.149 e. The van der Waals surface area contributed by atoms with Gasteiger partial charge < -0.3 is 0 Å². The SMILES string of the molecule is CC1(C)C(=O)C(C)(C)C1(Cl)SSN1CCCCC1. The van der Waals surface area contributed by atoms with Crippen LogP contribution in [-0.4, -0.2) is 27.4 Å². The molecule has 2 aliphatic rings. The van der Waals surface area contributed by atoms with Crippen LogP contribution in [0, 0.1) is 10.8 Å². The second kappa shape index (κ2) is 4.87. The molecule has 5 heteroatoms. The van der Waals surface area contributed by atoms with Crippen molar-refractivity contribution in [2.24, 2.45) is 10.8 Å². The summed E-state index contributed by atoms with van der Waals surface area (Å²) in [4.78, 5) is 12.2. The van der Waals surface area contributed by atoms with E-state index in [1.807, 2.05) is 27.7 Å². The lowest BCUT2D eigenvalue weighted by Gasteiger charge is -2.60. The van der Waals surface area contributed by atoms with Crippen LogP contribution < -0.4 is 0 Å². The van der Waals surface area contributed by atoms with Gasteiger partial charge in [0.25, 0.3) is 0 Å². The molecule has 0 aromatic carbocycles. The highest BCUT2D eigenvalue weighted by atomic mass is 35.5. The molecule has 2 rings (SSSR count). The van der Waals surface area contributed by atoms with Gasteiger partial charge in [-0.05, 0) is 23.8 Å². The van der Waals surface area contributed by atoms with Crippen molar-refractivity contribution in [3.05, 3.63) is 0 Å². The Bertz CT molecular complexity index is 333. The van der Waals surface area contributed by atoms with Gasteiger partial charge in [-0.15, -0.1) is 11.6 Å². The zero-order chi connectivity index (χ0) is 13.6. The van der Waals surface area contributed by atoms with Crippen molar-refractivity contribution in [3.8, 4) is 0 Å². The summed E-state index contributed by atoms with van der Waals surface area (Å²) >= 11 is 6.80. The minimum Gasteiger partial charge on any atom is -0.298 e. The molecular weight excluding hydrogens is 286 g/mol. The number of rotatable bonds is 3. The lowest BCUT2D eigenvalue weighted by Crippen LogP contribution is -2.69. The van der Waals surface area contributed by atoms with Crippen LogP contribution in [0.25, 0.3) is 0 Å². The van der Waals surface area contributed by atoms with Crippen LogP contribution in [0.2, 0.25) is 0 Å². The molecule has 0 aromatic heterocycles. The van der Waals surface area contributed by atoms with E-state index in [1.54, 1.807) is 21.8 Å². The lowest BCUT2D eigenvalue weighted by atomic mass is 9.54. The van der Waals surface area contributed by atoms with Crippen LogP contribution in [0.3, 0.4) is 0 Å². The Morgan fingerprint density at radius 2 is 1.56 bits per heavy atom. The molecule has 0 atom stereocenters. The van der Waals surface area contributed by atoms with E-state index in [0.29, 0.717) is 0 Å². The molecule has 0 N–H and O–H groups in total. The van der Waals surface area contributed by atoms with Crippen molar-refractivity contribution in [2.75, 3.05) is 13.1 Å². The number of carbonyl (C=O) groups is 1. The molecule has 2 nitrogen and oxygen atoms in total. The Morgan fingerprint density at radius 1 is 1.06 bits per heavy atom. The number of piperidine rings is 1. The quantitative estimate of drug-likeness (QED) is 0.439. The molecule has 0 radical (unpaired) electrons. The fraction of sp³-hybridized carbons (Fsp3) is 0.923. The van der Waals surface area contributed by atoms with Crippen LogP contribution in [0.1, 0.15) is 47.0 Å². The van der Waals surface area contributed by atoms with Gasteiger partial charge in [0.2, 0.25) is 0 Å². The molecule has 1 aliphatic heterocycles. The fourth-order valence-corrected chi connectivity index (χ4v) is 7.01. The molecule has 1 aliphatic carbocycles. The maximum atomic E-state index is 12.2. The Labute approximate surface area is 123 Å². The molecule has 18 heavy (non-hydrogen) atoms. The Balaban J connectivity index is 2.00. The molecular formula is C13H22ClNOS2. The van der Waals surface area contributed by atoms with Gasteiger partial charge in [0.15, 0.2) is 0 Å². The number of halogens is 1. The molecule has 1 saturated heterocycles. The first-order chi connectivity index (χ1) is 8.23. The summed E-state index contributed by atoms with van der Waals surface area (Å²) < 4.78 is 1.88. The third-order valence-corrected chi connectivity index (χ3v) is 9.27.